The number of hydrogen-bond acceptors (Lipinski definition) is 2. The molecule has 0 bridgehead atoms. The molecular formula is C18H18F3N3O. The predicted molar refractivity (Wildman–Crippen MR) is 84.9 cm³/mol. The van der Waals surface area contributed by atoms with E-state index in [0.29, 0.717) is 24.8 Å². The number of carbonyl (C=O) groups excluding carboxylic acids is 1. The third kappa shape index (κ3) is 2.92. The zero-order chi connectivity index (χ0) is 17.7. The van der Waals surface area contributed by atoms with Crippen LogP contribution >= 0.6 is 0 Å². The summed E-state index contributed by atoms with van der Waals surface area (Å²) in [5.74, 6) is -0.163. The molecule has 25 heavy (non-hydrogen) atoms. The van der Waals surface area contributed by atoms with Crippen LogP contribution in [0, 0.1) is 0 Å². The van der Waals surface area contributed by atoms with Gasteiger partial charge in [-0.05, 0) is 49.3 Å². The molecule has 2 N–H and O–H groups in total. The third-order valence-electron chi connectivity index (χ3n) is 5.28. The van der Waals surface area contributed by atoms with Crippen molar-refractivity contribution in [2.45, 2.75) is 49.7 Å². The van der Waals surface area contributed by atoms with E-state index in [9.17, 15) is 18.0 Å². The van der Waals surface area contributed by atoms with Crippen LogP contribution in [-0.4, -0.2) is 22.1 Å². The number of aryl methyl sites for hydroxylation is 1. The molecule has 2 aromatic rings. The lowest BCUT2D eigenvalue weighted by atomic mass is 9.90. The summed E-state index contributed by atoms with van der Waals surface area (Å²) in [7, 11) is 0. The Morgan fingerprint density at radius 3 is 2.84 bits per heavy atom. The lowest BCUT2D eigenvalue weighted by molar-refractivity contribution is -0.137. The van der Waals surface area contributed by atoms with Crippen LogP contribution in [-0.2, 0) is 29.2 Å². The van der Waals surface area contributed by atoms with Crippen molar-refractivity contribution in [1.82, 2.24) is 15.5 Å². The van der Waals surface area contributed by atoms with Gasteiger partial charge < -0.3 is 5.32 Å². The van der Waals surface area contributed by atoms with Crippen LogP contribution in [0.4, 0.5) is 13.2 Å². The van der Waals surface area contributed by atoms with Crippen LogP contribution in [0.1, 0.15) is 41.6 Å². The van der Waals surface area contributed by atoms with Crippen molar-refractivity contribution in [3.8, 4) is 0 Å². The van der Waals surface area contributed by atoms with Gasteiger partial charge in [0.05, 0.1) is 17.2 Å². The predicted octanol–water partition coefficient (Wildman–Crippen LogP) is 3.13. The van der Waals surface area contributed by atoms with Gasteiger partial charge in [0.2, 0.25) is 5.91 Å². The van der Waals surface area contributed by atoms with Gasteiger partial charge in [0.1, 0.15) is 0 Å². The summed E-state index contributed by atoms with van der Waals surface area (Å²) >= 11 is 0. The molecule has 0 saturated heterocycles. The average Bonchev–Trinajstić information content (AvgIpc) is 3.27. The van der Waals surface area contributed by atoms with Crippen LogP contribution in [0.15, 0.2) is 30.5 Å². The maximum Gasteiger partial charge on any atom is 0.416 e. The largest absolute Gasteiger partial charge is 0.416 e. The molecule has 1 saturated carbocycles. The van der Waals surface area contributed by atoms with E-state index in [2.05, 4.69) is 15.5 Å². The summed E-state index contributed by atoms with van der Waals surface area (Å²) in [4.78, 5) is 12.8. The van der Waals surface area contributed by atoms with Crippen molar-refractivity contribution >= 4 is 5.91 Å². The maximum atomic E-state index is 13.0. The zero-order valence-corrected chi connectivity index (χ0v) is 13.5. The number of alkyl halides is 3. The first kappa shape index (κ1) is 16.2. The van der Waals surface area contributed by atoms with Crippen molar-refractivity contribution in [1.29, 1.82) is 0 Å². The normalized spacial score (nSPS) is 21.5. The highest BCUT2D eigenvalue weighted by molar-refractivity contribution is 5.91. The van der Waals surface area contributed by atoms with Gasteiger partial charge in [-0.1, -0.05) is 18.2 Å². The van der Waals surface area contributed by atoms with Gasteiger partial charge in [0.25, 0.3) is 0 Å². The molecule has 2 aliphatic rings. The Bertz CT molecular complexity index is 808. The summed E-state index contributed by atoms with van der Waals surface area (Å²) < 4.78 is 38.9. The van der Waals surface area contributed by atoms with E-state index in [0.717, 1.165) is 36.2 Å². The number of nitrogens with zero attached hydrogens (tertiary/aromatic N) is 1. The molecule has 2 aliphatic carbocycles. The number of hydrogen-bond donors (Lipinski definition) is 2. The smallest absolute Gasteiger partial charge is 0.352 e. The van der Waals surface area contributed by atoms with Gasteiger partial charge in [-0.3, -0.25) is 9.89 Å². The van der Waals surface area contributed by atoms with E-state index < -0.39 is 17.2 Å². The molecule has 1 atom stereocenters. The Hall–Kier alpha value is -2.31. The second-order valence-corrected chi connectivity index (χ2v) is 6.95. The highest BCUT2D eigenvalue weighted by Crippen LogP contribution is 2.49. The number of fused-ring (bicyclic) bond motifs is 1. The number of benzene rings is 1. The number of halogens is 3. The van der Waals surface area contributed by atoms with Crippen LogP contribution in [0.5, 0.6) is 0 Å². The fourth-order valence-corrected chi connectivity index (χ4v) is 3.63. The molecule has 1 aromatic heterocycles. The monoisotopic (exact) mass is 349 g/mol. The Labute approximate surface area is 142 Å². The number of amides is 1. The first-order chi connectivity index (χ1) is 11.9. The molecule has 0 aliphatic heterocycles. The van der Waals surface area contributed by atoms with Crippen LogP contribution < -0.4 is 5.32 Å². The standard InChI is InChI=1S/C18H18F3N3O/c19-18(20,21)13-3-1-2-12(9-13)17(6-7-17)16(25)23-14-4-5-15-11(8-14)10-22-24-15/h1-3,9-10,14H,4-8H2,(H,22,24)(H,23,25)/t14-/m0/s1. The average molecular weight is 349 g/mol. The number of aromatic nitrogens is 2. The number of aromatic amines is 1. The quantitative estimate of drug-likeness (QED) is 0.894. The van der Waals surface area contributed by atoms with Gasteiger partial charge >= 0.3 is 6.18 Å². The Morgan fingerprint density at radius 1 is 1.32 bits per heavy atom. The number of rotatable bonds is 3. The van der Waals surface area contributed by atoms with Crippen molar-refractivity contribution < 1.29 is 18.0 Å². The molecule has 0 radical (unpaired) electrons. The SMILES string of the molecule is O=C(N[C@H]1CCc2[nH]ncc2C1)C1(c2cccc(C(F)(F)F)c2)CC1. The molecule has 4 rings (SSSR count). The molecule has 4 nitrogen and oxygen atoms in total. The van der Waals surface area contributed by atoms with Gasteiger partial charge in [0, 0.05) is 11.7 Å². The summed E-state index contributed by atoms with van der Waals surface area (Å²) in [6, 6.07) is 5.15. The second kappa shape index (κ2) is 5.61. The minimum atomic E-state index is -4.40. The first-order valence-corrected chi connectivity index (χ1v) is 8.38. The van der Waals surface area contributed by atoms with Gasteiger partial charge in [-0.2, -0.15) is 18.3 Å². The van der Waals surface area contributed by atoms with Crippen LogP contribution in [0.3, 0.4) is 0 Å². The molecule has 7 heteroatoms. The summed E-state index contributed by atoms with van der Waals surface area (Å²) in [6.45, 7) is 0. The molecule has 1 heterocycles. The van der Waals surface area contributed by atoms with Crippen molar-refractivity contribution in [3.63, 3.8) is 0 Å². The minimum Gasteiger partial charge on any atom is -0.352 e. The molecule has 0 unspecified atom stereocenters. The summed E-state index contributed by atoms with van der Waals surface area (Å²) in [6.07, 6.45) is 0.872. The van der Waals surface area contributed by atoms with Gasteiger partial charge in [-0.15, -0.1) is 0 Å². The Balaban J connectivity index is 1.51. The molecular weight excluding hydrogens is 331 g/mol. The van der Waals surface area contributed by atoms with Gasteiger partial charge in [-0.25, -0.2) is 0 Å². The topological polar surface area (TPSA) is 57.8 Å². The van der Waals surface area contributed by atoms with Crippen molar-refractivity contribution in [2.24, 2.45) is 0 Å². The Kier molecular flexibility index (Phi) is 3.63. The van der Waals surface area contributed by atoms with Crippen molar-refractivity contribution in [2.75, 3.05) is 0 Å². The second-order valence-electron chi connectivity index (χ2n) is 6.95. The number of carbonyl (C=O) groups is 1. The van der Waals surface area contributed by atoms with Crippen LogP contribution in [0.2, 0.25) is 0 Å². The maximum absolute atomic E-state index is 13.0. The Morgan fingerprint density at radius 2 is 2.12 bits per heavy atom. The molecule has 0 spiro atoms. The van der Waals surface area contributed by atoms with E-state index in [1.807, 2.05) is 0 Å². The highest BCUT2D eigenvalue weighted by Gasteiger charge is 2.52. The summed E-state index contributed by atoms with van der Waals surface area (Å²) in [5, 5.41) is 10.0. The molecule has 1 amide bonds. The number of nitrogens with one attached hydrogen (secondary N) is 2. The molecule has 132 valence electrons. The number of H-pyrrole nitrogens is 1. The fraction of sp³-hybridized carbons (Fsp3) is 0.444. The zero-order valence-electron chi connectivity index (χ0n) is 13.5. The van der Waals surface area contributed by atoms with E-state index in [-0.39, 0.29) is 11.9 Å². The van der Waals surface area contributed by atoms with Gasteiger partial charge in [0.15, 0.2) is 0 Å². The highest BCUT2D eigenvalue weighted by atomic mass is 19.4. The van der Waals surface area contributed by atoms with E-state index in [1.165, 1.54) is 6.07 Å². The fourth-order valence-electron chi connectivity index (χ4n) is 3.63. The lowest BCUT2D eigenvalue weighted by Crippen LogP contribution is -2.44. The van der Waals surface area contributed by atoms with E-state index in [1.54, 1.807) is 12.3 Å². The van der Waals surface area contributed by atoms with E-state index in [4.69, 9.17) is 0 Å². The lowest BCUT2D eigenvalue weighted by Gasteiger charge is -2.26. The molecule has 1 aromatic carbocycles. The summed E-state index contributed by atoms with van der Waals surface area (Å²) in [5.41, 5.74) is 1.15. The molecule has 1 fully saturated rings. The first-order valence-electron chi connectivity index (χ1n) is 8.38. The van der Waals surface area contributed by atoms with Crippen molar-refractivity contribution in [3.05, 3.63) is 52.8 Å². The van der Waals surface area contributed by atoms with Crippen LogP contribution in [0.25, 0.3) is 0 Å². The van der Waals surface area contributed by atoms with E-state index >= 15 is 0 Å². The minimum absolute atomic E-state index is 0.000809. The third-order valence-corrected chi connectivity index (χ3v) is 5.28.